The Kier molecular flexibility index (Phi) is 19.1. The fourth-order valence-electron chi connectivity index (χ4n) is 10.9. The van der Waals surface area contributed by atoms with Crippen LogP contribution in [-0.2, 0) is 54.8 Å². The van der Waals surface area contributed by atoms with E-state index < -0.39 is 20.1 Å². The highest BCUT2D eigenvalue weighted by Crippen LogP contribution is 2.44. The highest BCUT2D eigenvalue weighted by Gasteiger charge is 2.41. The molecule has 0 aliphatic carbocycles. The zero-order chi connectivity index (χ0) is 57.4. The van der Waals surface area contributed by atoms with Crippen LogP contribution in [0.2, 0.25) is 0 Å². The molecule has 0 bridgehead atoms. The Balaban J connectivity index is 0.896. The quantitative estimate of drug-likeness (QED) is 0.0194. The van der Waals surface area contributed by atoms with Crippen molar-refractivity contribution >= 4 is 83.6 Å². The molecule has 0 spiro atoms. The van der Waals surface area contributed by atoms with E-state index in [9.17, 15) is 27.6 Å². The van der Waals surface area contributed by atoms with Gasteiger partial charge in [-0.05, 0) is 117 Å². The molecule has 4 heterocycles. The third-order valence-corrected chi connectivity index (χ3v) is 20.0. The van der Waals surface area contributed by atoms with Gasteiger partial charge in [0.25, 0.3) is 21.9 Å². The maximum absolute atomic E-state index is 14.3. The molecule has 3 atom stereocenters. The number of anilines is 5. The number of likely N-dealkylation sites (N-methyl/N-ethyl adjacent to an activating group) is 1. The first-order valence-electron chi connectivity index (χ1n) is 27.4. The van der Waals surface area contributed by atoms with Crippen molar-refractivity contribution in [3.8, 4) is 23.0 Å². The summed E-state index contributed by atoms with van der Waals surface area (Å²) < 4.78 is 54.8. The Morgan fingerprint density at radius 1 is 0.765 bits per heavy atom. The van der Waals surface area contributed by atoms with E-state index in [4.69, 9.17) is 28.0 Å². The van der Waals surface area contributed by atoms with E-state index in [-0.39, 0.29) is 68.1 Å². The normalized spacial score (nSPS) is 16.7. The predicted octanol–water partition coefficient (Wildman–Crippen LogP) is 9.77. The topological polar surface area (TPSA) is 204 Å². The van der Waals surface area contributed by atoms with Gasteiger partial charge >= 0.3 is 0 Å². The first kappa shape index (κ1) is 59.1. The molecule has 4 aliphatic rings. The molecule has 0 saturated heterocycles. The molecule has 3 N–H and O–H groups in total. The number of nitrogens with one attached hydrogen (secondary N) is 3. The monoisotopic (exact) mass is 1160 g/mol. The lowest BCUT2D eigenvalue weighted by molar-refractivity contribution is -0.119. The van der Waals surface area contributed by atoms with Gasteiger partial charge in [-0.25, -0.2) is 5.48 Å². The lowest BCUT2D eigenvalue weighted by Gasteiger charge is -2.25. The van der Waals surface area contributed by atoms with Crippen molar-refractivity contribution < 1.29 is 55.6 Å². The number of unbranched alkanes of at least 4 members (excludes halogenated alkanes) is 1. The van der Waals surface area contributed by atoms with Crippen LogP contribution >= 0.6 is 21.6 Å². The van der Waals surface area contributed by atoms with Gasteiger partial charge in [0.05, 0.1) is 62.5 Å². The Labute approximate surface area is 482 Å². The number of carbonyl (C=O) groups is 4. The highest BCUT2D eigenvalue weighted by atomic mass is 33.1. The molecule has 3 amide bonds. The summed E-state index contributed by atoms with van der Waals surface area (Å²) in [5, 5.41) is 5.33. The van der Waals surface area contributed by atoms with Crippen LogP contribution < -0.4 is 49.8 Å². The number of hydrogen-bond donors (Lipinski definition) is 3. The van der Waals surface area contributed by atoms with Gasteiger partial charge in [-0.2, -0.15) is 8.42 Å². The third-order valence-electron chi connectivity index (χ3n) is 15.0. The van der Waals surface area contributed by atoms with Crippen LogP contribution in [0, 0.1) is 0 Å². The van der Waals surface area contributed by atoms with E-state index >= 15 is 0 Å². The smallest absolute Gasteiger partial charge is 0.277 e. The number of amides is 3. The minimum absolute atomic E-state index is 0.0363. The minimum atomic E-state index is -4.09. The number of nitrogens with zero attached hydrogens (tertiary/aromatic N) is 3. The van der Waals surface area contributed by atoms with Gasteiger partial charge in [0.1, 0.15) is 18.5 Å². The number of Topliss-reactive ketones (excluding diaryl/α,β-unsaturated/α-hetero) is 1. The number of ketones is 1. The van der Waals surface area contributed by atoms with Crippen molar-refractivity contribution in [2.24, 2.45) is 0 Å². The second-order valence-corrected chi connectivity index (χ2v) is 26.2. The van der Waals surface area contributed by atoms with Crippen molar-refractivity contribution in [1.29, 1.82) is 0 Å². The highest BCUT2D eigenvalue weighted by molar-refractivity contribution is 8.77. The predicted molar refractivity (Wildman–Crippen MR) is 319 cm³/mol. The molecule has 0 saturated carbocycles. The van der Waals surface area contributed by atoms with Crippen molar-refractivity contribution in [3.05, 3.63) is 124 Å². The van der Waals surface area contributed by atoms with Crippen molar-refractivity contribution in [1.82, 2.24) is 5.48 Å². The third kappa shape index (κ3) is 13.7. The summed E-state index contributed by atoms with van der Waals surface area (Å²) in [5.41, 5.74) is 11.1. The van der Waals surface area contributed by atoms with Crippen LogP contribution in [0.3, 0.4) is 0 Å². The van der Waals surface area contributed by atoms with Crippen LogP contribution in [0.1, 0.15) is 102 Å². The van der Waals surface area contributed by atoms with Gasteiger partial charge in [-0.3, -0.25) is 23.4 Å². The number of benzene rings is 5. The zero-order valence-corrected chi connectivity index (χ0v) is 49.4. The largest absolute Gasteiger partial charge is 0.493 e. The number of fused-ring (bicyclic) bond motifs is 8. The van der Waals surface area contributed by atoms with E-state index in [0.29, 0.717) is 108 Å². The maximum Gasteiger partial charge on any atom is 0.277 e. The molecular weight excluding hydrogens is 1090 g/mol. The second-order valence-electron chi connectivity index (χ2n) is 21.2. The van der Waals surface area contributed by atoms with E-state index in [1.807, 2.05) is 98.3 Å². The number of para-hydroxylation sites is 2. The molecule has 18 nitrogen and oxygen atoms in total. The van der Waals surface area contributed by atoms with Crippen LogP contribution in [-0.4, -0.2) is 114 Å². The molecule has 21 heteroatoms. The minimum Gasteiger partial charge on any atom is -0.493 e. The molecule has 9 rings (SSSR count). The summed E-state index contributed by atoms with van der Waals surface area (Å²) in [6.07, 6.45) is 3.46. The van der Waals surface area contributed by atoms with Crippen LogP contribution in [0.4, 0.5) is 28.4 Å². The van der Waals surface area contributed by atoms with E-state index in [0.717, 1.165) is 48.1 Å². The van der Waals surface area contributed by atoms with Crippen molar-refractivity contribution in [2.75, 3.05) is 85.7 Å². The number of hydroxylamine groups is 1. The standard InChI is InChI=1S/C60H72N6O12S3/c1-8-62-78-23-14-13-19-51(67)56(81(71,72)75-7)21-24-79-80-60(2,3)22-20-57(68)63-42-26-38(36-76-54-32-47-45(30-52(54)73-5)58(69)65-43(34-61-47)28-40-15-9-11-17-48(40)65)25-39(27-42)37-77-55-33-50-46(31-53(55)74-6)59(70)66-44(35-64(50)4)29-41-16-10-12-18-49(41)66/h9-12,15-18,25-27,30-33,43-44,56,61-62H,8,13-14,19-24,28-29,34-37H2,1-7H3,(H,63,68)/t43-,44-,56?/m0/s1. The van der Waals surface area contributed by atoms with Gasteiger partial charge < -0.3 is 49.1 Å². The van der Waals surface area contributed by atoms with E-state index in [1.54, 1.807) is 25.3 Å². The SMILES string of the molecule is CCNOCCCCC(=O)C(CCSSC(C)(C)CCC(=O)Nc1cc(COc2cc3c(cc2OC)C(=O)N2c4ccccc4C[C@H]2CN3)cc(COc2cc3c(cc2OC)C(=O)N2c4ccccc4C[C@H]2CN3C)c1)S(=O)(=O)OC. The van der Waals surface area contributed by atoms with Gasteiger partial charge in [0, 0.05) is 79.2 Å². The van der Waals surface area contributed by atoms with Crippen LogP contribution in [0.5, 0.6) is 23.0 Å². The van der Waals surface area contributed by atoms with Crippen LogP contribution in [0.25, 0.3) is 0 Å². The number of ether oxygens (including phenoxy) is 4. The Hall–Kier alpha value is -6.49. The lowest BCUT2D eigenvalue weighted by Crippen LogP contribution is -2.41. The Bertz CT molecular complexity index is 3250. The number of rotatable bonds is 27. The number of methoxy groups -OCH3 is 2. The van der Waals surface area contributed by atoms with Gasteiger partial charge in [0.2, 0.25) is 5.91 Å². The number of hydrogen-bond acceptors (Lipinski definition) is 17. The molecule has 4 aliphatic heterocycles. The molecule has 5 aromatic carbocycles. The molecule has 5 aromatic rings. The molecule has 81 heavy (non-hydrogen) atoms. The molecular formula is C60H72N6O12S3. The maximum atomic E-state index is 14.3. The van der Waals surface area contributed by atoms with Gasteiger partial charge in [-0.15, -0.1) is 0 Å². The zero-order valence-electron chi connectivity index (χ0n) is 47.0. The molecule has 0 aromatic heterocycles. The molecule has 0 radical (unpaired) electrons. The van der Waals surface area contributed by atoms with Crippen LogP contribution in [0.15, 0.2) is 91.0 Å². The lowest BCUT2D eigenvalue weighted by atomic mass is 10.1. The van der Waals surface area contributed by atoms with Gasteiger partial charge in [0.15, 0.2) is 28.8 Å². The first-order chi connectivity index (χ1) is 39.0. The van der Waals surface area contributed by atoms with E-state index in [1.165, 1.54) is 28.7 Å². The average Bonchev–Trinajstić information content (AvgIpc) is 3.45. The van der Waals surface area contributed by atoms with Crippen molar-refractivity contribution in [3.63, 3.8) is 0 Å². The summed E-state index contributed by atoms with van der Waals surface area (Å²) in [5.74, 6) is 1.19. The van der Waals surface area contributed by atoms with Crippen molar-refractivity contribution in [2.45, 2.75) is 107 Å². The Morgan fingerprint density at radius 2 is 1.38 bits per heavy atom. The first-order valence-corrected chi connectivity index (χ1v) is 31.2. The summed E-state index contributed by atoms with van der Waals surface area (Å²) >= 11 is 0. The number of carbonyl (C=O) groups excluding carboxylic acids is 4. The average molecular weight is 1170 g/mol. The molecule has 0 fully saturated rings. The fourth-order valence-corrected chi connectivity index (χ4v) is 14.8. The Morgan fingerprint density at radius 3 is 2.04 bits per heavy atom. The molecule has 1 unspecified atom stereocenters. The summed E-state index contributed by atoms with van der Waals surface area (Å²) in [4.78, 5) is 66.6. The molecule has 432 valence electrons. The second kappa shape index (κ2) is 26.2. The fraction of sp³-hybridized carbons (Fsp3) is 0.433. The summed E-state index contributed by atoms with van der Waals surface area (Å²) in [7, 11) is 5.04. The van der Waals surface area contributed by atoms with E-state index in [2.05, 4.69) is 33.1 Å². The summed E-state index contributed by atoms with van der Waals surface area (Å²) in [6.45, 7) is 8.31. The van der Waals surface area contributed by atoms with Gasteiger partial charge in [-0.1, -0.05) is 64.9 Å². The summed E-state index contributed by atoms with van der Waals surface area (Å²) in [6, 6.07) is 28.7.